The largest absolute Gasteiger partial charge is 4.00 e. The molecule has 1 fully saturated rings. The molecule has 29 heavy (non-hydrogen) atoms. The van der Waals surface area contributed by atoms with E-state index in [4.69, 9.17) is 0 Å². The Morgan fingerprint density at radius 1 is 0.793 bits per heavy atom. The smallest absolute Gasteiger partial charge is 1.00 e. The summed E-state index contributed by atoms with van der Waals surface area (Å²) in [5, 5.41) is 3.13. The predicted molar refractivity (Wildman–Crippen MR) is 111 cm³/mol. The fourth-order valence-electron chi connectivity index (χ4n) is 4.40. The number of hydrogen-bond donors (Lipinski definition) is 0. The van der Waals surface area contributed by atoms with Gasteiger partial charge in [0.25, 0.3) is 0 Å². The zero-order valence-electron chi connectivity index (χ0n) is 16.6. The van der Waals surface area contributed by atoms with Crippen molar-refractivity contribution in [3.8, 4) is 0 Å². The van der Waals surface area contributed by atoms with E-state index in [1.807, 2.05) is 0 Å². The molecule has 0 aromatic heterocycles. The van der Waals surface area contributed by atoms with Gasteiger partial charge in [0.1, 0.15) is 0 Å². The second-order valence-electron chi connectivity index (χ2n) is 7.62. The third-order valence-electron chi connectivity index (χ3n) is 5.66. The van der Waals surface area contributed by atoms with Crippen LogP contribution >= 0.6 is 0 Å². The Morgan fingerprint density at radius 3 is 2.00 bits per heavy atom. The van der Waals surface area contributed by atoms with Gasteiger partial charge in [-0.15, -0.1) is 22.9 Å². The average Bonchev–Trinajstić information content (AvgIpc) is 3.06. The molecule has 152 valence electrons. The Hall–Kier alpha value is -0.279. The summed E-state index contributed by atoms with van der Waals surface area (Å²) in [6, 6.07) is 22.0. The fourth-order valence-corrected chi connectivity index (χ4v) is 6.09. The van der Waals surface area contributed by atoms with Crippen LogP contribution in [0.25, 0.3) is 5.57 Å². The molecule has 0 heterocycles. The Morgan fingerprint density at radius 2 is 1.38 bits per heavy atom. The van der Waals surface area contributed by atoms with Crippen LogP contribution in [0.3, 0.4) is 0 Å². The van der Waals surface area contributed by atoms with Gasteiger partial charge in [-0.05, 0) is 5.92 Å². The van der Waals surface area contributed by atoms with Gasteiger partial charge in [-0.25, -0.2) is 0 Å². The van der Waals surface area contributed by atoms with Crippen LogP contribution in [0.4, 0.5) is 0 Å². The molecule has 1 saturated carbocycles. The van der Waals surface area contributed by atoms with E-state index in [0.717, 1.165) is 5.92 Å². The Labute approximate surface area is 212 Å². The molecule has 0 spiro atoms. The molecule has 0 aliphatic heterocycles. The first-order valence-corrected chi connectivity index (χ1v) is 11.2. The van der Waals surface area contributed by atoms with Gasteiger partial charge in [-0.2, -0.15) is 17.2 Å². The van der Waals surface area contributed by atoms with E-state index in [1.165, 1.54) is 61.3 Å². The van der Waals surface area contributed by atoms with E-state index >= 15 is 0 Å². The molecular weight excluding hydrogens is 471 g/mol. The molecule has 0 radical (unpaired) electrons. The van der Waals surface area contributed by atoms with Crippen molar-refractivity contribution in [2.24, 2.45) is 5.92 Å². The quantitative estimate of drug-likeness (QED) is 0.292. The average molecular weight is 498 g/mol. The molecule has 0 amide bonds. The number of hydrogen-bond acceptors (Lipinski definition) is 0. The molecule has 2 aliphatic rings. The zero-order chi connectivity index (χ0) is 16.9. The van der Waals surface area contributed by atoms with Crippen LogP contribution in [0.1, 0.15) is 50.5 Å². The molecule has 2 aromatic carbocycles. The minimum atomic E-state index is -0.377. The summed E-state index contributed by atoms with van der Waals surface area (Å²) in [6.07, 6.45) is 13.5. The molecule has 5 heteroatoms. The number of benzene rings is 2. The normalized spacial score (nSPS) is 16.3. The number of halogens is 3. The zero-order valence-corrected chi connectivity index (χ0v) is 21.9. The monoisotopic (exact) mass is 496 g/mol. The summed E-state index contributed by atoms with van der Waals surface area (Å²) >= 11 is 0. The van der Waals surface area contributed by atoms with Gasteiger partial charge in [0.15, 0.2) is 0 Å². The topological polar surface area (TPSA) is 0 Å². The van der Waals surface area contributed by atoms with Gasteiger partial charge < -0.3 is 37.2 Å². The molecule has 0 saturated heterocycles. The summed E-state index contributed by atoms with van der Waals surface area (Å²) in [5.41, 5.74) is 4.45. The van der Waals surface area contributed by atoms with Gasteiger partial charge in [0, 0.05) is 0 Å². The van der Waals surface area contributed by atoms with Crippen molar-refractivity contribution in [2.75, 3.05) is 0 Å². The SMILES string of the molecule is [C-]1=C([SiH2]c2ccccc2)CC(CC2CCCCC2)=C1c1ccccc1.[Cl-].[Cl-].[Cl-].[Ti+4]. The van der Waals surface area contributed by atoms with Crippen LogP contribution in [-0.2, 0) is 21.7 Å². The maximum atomic E-state index is 3.85. The molecule has 0 unspecified atom stereocenters. The minimum Gasteiger partial charge on any atom is -1.00 e. The van der Waals surface area contributed by atoms with Crippen LogP contribution in [0.2, 0.25) is 0 Å². The van der Waals surface area contributed by atoms with Crippen molar-refractivity contribution < 1.29 is 58.9 Å². The van der Waals surface area contributed by atoms with Gasteiger partial charge >= 0.3 is 21.7 Å². The Kier molecular flexibility index (Phi) is 14.5. The van der Waals surface area contributed by atoms with E-state index in [0.29, 0.717) is 0 Å². The van der Waals surface area contributed by atoms with Crippen molar-refractivity contribution >= 4 is 20.3 Å². The van der Waals surface area contributed by atoms with Crippen molar-refractivity contribution in [1.82, 2.24) is 0 Å². The standard InChI is InChI=1S/C24H27Si.3ClH.Ti/c1-4-10-19(11-5-1)16-21-17-23(25-22-14-8-3-9-15-22)18-24(21)20-12-6-2-7-13-20;;;;/h2-3,6-9,12-15,19H,1,4-5,10-11,16-17,25H2;3*1H;/q-1;;;;+4/p-3. The summed E-state index contributed by atoms with van der Waals surface area (Å²) in [5.74, 6) is 0.905. The van der Waals surface area contributed by atoms with Crippen LogP contribution in [0, 0.1) is 12.0 Å². The van der Waals surface area contributed by atoms with Crippen LogP contribution in [-0.4, -0.2) is 9.52 Å². The van der Waals surface area contributed by atoms with Crippen LogP contribution < -0.4 is 42.4 Å². The van der Waals surface area contributed by atoms with E-state index < -0.39 is 0 Å². The van der Waals surface area contributed by atoms with Crippen molar-refractivity contribution in [3.63, 3.8) is 0 Å². The second-order valence-corrected chi connectivity index (χ2v) is 9.64. The number of allylic oxidation sites excluding steroid dienone is 4. The van der Waals surface area contributed by atoms with Crippen molar-refractivity contribution in [2.45, 2.75) is 44.9 Å². The summed E-state index contributed by atoms with van der Waals surface area (Å²) in [6.45, 7) is 0. The molecule has 0 N–H and O–H groups in total. The van der Waals surface area contributed by atoms with E-state index in [1.54, 1.807) is 10.8 Å². The third kappa shape index (κ3) is 8.05. The predicted octanol–water partition coefficient (Wildman–Crippen LogP) is -3.99. The summed E-state index contributed by atoms with van der Waals surface area (Å²) < 4.78 is 0. The summed E-state index contributed by atoms with van der Waals surface area (Å²) in [4.78, 5) is 0. The third-order valence-corrected chi connectivity index (χ3v) is 7.40. The molecule has 0 nitrogen and oxygen atoms in total. The van der Waals surface area contributed by atoms with Crippen LogP contribution in [0.15, 0.2) is 71.4 Å². The Balaban J connectivity index is 0.00000196. The molecular formula is C24H27Cl3SiTi. The summed E-state index contributed by atoms with van der Waals surface area (Å²) in [7, 11) is -0.377. The molecule has 0 bridgehead atoms. The van der Waals surface area contributed by atoms with Gasteiger partial charge in [0.2, 0.25) is 0 Å². The fraction of sp³-hybridized carbons (Fsp3) is 0.333. The first kappa shape index (κ1) is 28.7. The van der Waals surface area contributed by atoms with E-state index in [-0.39, 0.29) is 68.5 Å². The van der Waals surface area contributed by atoms with Gasteiger partial charge in [-0.1, -0.05) is 98.7 Å². The van der Waals surface area contributed by atoms with Crippen molar-refractivity contribution in [3.05, 3.63) is 83.1 Å². The maximum Gasteiger partial charge on any atom is 4.00 e. The van der Waals surface area contributed by atoms with Gasteiger partial charge in [0.05, 0.1) is 9.52 Å². The molecule has 4 rings (SSSR count). The minimum absolute atomic E-state index is 0. The maximum absolute atomic E-state index is 3.85. The molecule has 2 aliphatic carbocycles. The Bertz CT molecular complexity index is 769. The van der Waals surface area contributed by atoms with Crippen molar-refractivity contribution in [1.29, 1.82) is 0 Å². The number of rotatable bonds is 5. The van der Waals surface area contributed by atoms with Crippen LogP contribution in [0.5, 0.6) is 0 Å². The van der Waals surface area contributed by atoms with Gasteiger partial charge in [-0.3, -0.25) is 0 Å². The van der Waals surface area contributed by atoms with E-state index in [2.05, 4.69) is 66.7 Å². The van der Waals surface area contributed by atoms with E-state index in [9.17, 15) is 0 Å². The molecule has 0 atom stereocenters. The molecule has 2 aromatic rings. The second kappa shape index (κ2) is 14.7. The first-order valence-electron chi connectivity index (χ1n) is 9.81. The first-order chi connectivity index (χ1) is 12.4.